The van der Waals surface area contributed by atoms with E-state index in [1.807, 2.05) is 33.0 Å². The van der Waals surface area contributed by atoms with Gasteiger partial charge < -0.3 is 5.32 Å². The van der Waals surface area contributed by atoms with Crippen LogP contribution in [0.25, 0.3) is 0 Å². The lowest BCUT2D eigenvalue weighted by molar-refractivity contribution is 0.854. The quantitative estimate of drug-likeness (QED) is 0.825. The van der Waals surface area contributed by atoms with E-state index in [1.165, 1.54) is 0 Å². The predicted molar refractivity (Wildman–Crippen MR) is 62.1 cm³/mol. The fourth-order valence-electron chi connectivity index (χ4n) is 1.57. The molecule has 2 aromatic rings. The third kappa shape index (κ3) is 2.36. The van der Waals surface area contributed by atoms with Crippen molar-refractivity contribution in [2.24, 2.45) is 0 Å². The van der Waals surface area contributed by atoms with Gasteiger partial charge >= 0.3 is 0 Å². The van der Waals surface area contributed by atoms with Crippen LogP contribution in [0.4, 0.5) is 5.95 Å². The molecule has 84 valence electrons. The molecule has 0 fully saturated rings. The molecule has 2 aromatic heterocycles. The Bertz CT molecular complexity index is 443. The average molecular weight is 217 g/mol. The van der Waals surface area contributed by atoms with Gasteiger partial charge in [-0.1, -0.05) is 0 Å². The van der Waals surface area contributed by atoms with E-state index in [0.717, 1.165) is 17.0 Å². The SMILES string of the molecule is Cc1cc(C)nc(NC(C)c2cn[nH]c2)n1. The summed E-state index contributed by atoms with van der Waals surface area (Å²) < 4.78 is 0. The van der Waals surface area contributed by atoms with Crippen molar-refractivity contribution >= 4 is 5.95 Å². The lowest BCUT2D eigenvalue weighted by Crippen LogP contribution is -2.09. The summed E-state index contributed by atoms with van der Waals surface area (Å²) in [5.41, 5.74) is 3.02. The van der Waals surface area contributed by atoms with Crippen LogP contribution in [0.2, 0.25) is 0 Å². The molecule has 5 nitrogen and oxygen atoms in total. The molecular formula is C11H15N5. The summed E-state index contributed by atoms with van der Waals surface area (Å²) in [6.45, 7) is 5.97. The minimum Gasteiger partial charge on any atom is -0.348 e. The van der Waals surface area contributed by atoms with Crippen LogP contribution >= 0.6 is 0 Å². The summed E-state index contributed by atoms with van der Waals surface area (Å²) in [6, 6.07) is 2.09. The van der Waals surface area contributed by atoms with E-state index in [1.54, 1.807) is 6.20 Å². The smallest absolute Gasteiger partial charge is 0.223 e. The summed E-state index contributed by atoms with van der Waals surface area (Å²) in [7, 11) is 0. The highest BCUT2D eigenvalue weighted by atomic mass is 15.1. The van der Waals surface area contributed by atoms with Crippen LogP contribution in [-0.2, 0) is 0 Å². The topological polar surface area (TPSA) is 66.5 Å². The van der Waals surface area contributed by atoms with Gasteiger partial charge in [0.25, 0.3) is 0 Å². The number of rotatable bonds is 3. The Hall–Kier alpha value is -1.91. The van der Waals surface area contributed by atoms with Crippen LogP contribution < -0.4 is 5.32 Å². The maximum absolute atomic E-state index is 4.33. The lowest BCUT2D eigenvalue weighted by atomic mass is 10.2. The van der Waals surface area contributed by atoms with Gasteiger partial charge in [0.15, 0.2) is 0 Å². The molecule has 0 aliphatic rings. The first-order valence-corrected chi connectivity index (χ1v) is 5.22. The zero-order valence-electron chi connectivity index (χ0n) is 9.65. The Kier molecular flexibility index (Phi) is 2.85. The molecular weight excluding hydrogens is 202 g/mol. The second-order valence-electron chi connectivity index (χ2n) is 3.87. The molecule has 2 rings (SSSR count). The Balaban J connectivity index is 2.15. The van der Waals surface area contributed by atoms with Crippen LogP contribution in [0.1, 0.15) is 29.9 Å². The number of H-pyrrole nitrogens is 1. The molecule has 0 amide bonds. The van der Waals surface area contributed by atoms with Gasteiger partial charge in [-0.25, -0.2) is 9.97 Å². The monoisotopic (exact) mass is 217 g/mol. The Morgan fingerprint density at radius 3 is 2.50 bits per heavy atom. The molecule has 0 radical (unpaired) electrons. The highest BCUT2D eigenvalue weighted by Crippen LogP contribution is 2.15. The van der Waals surface area contributed by atoms with Gasteiger partial charge in [0.1, 0.15) is 0 Å². The minimum atomic E-state index is 0.139. The zero-order chi connectivity index (χ0) is 11.5. The number of aromatic amines is 1. The molecule has 16 heavy (non-hydrogen) atoms. The molecule has 0 aliphatic heterocycles. The van der Waals surface area contributed by atoms with Crippen molar-refractivity contribution in [3.8, 4) is 0 Å². The van der Waals surface area contributed by atoms with Gasteiger partial charge in [-0.05, 0) is 26.8 Å². The van der Waals surface area contributed by atoms with Crippen molar-refractivity contribution < 1.29 is 0 Å². The fourth-order valence-corrected chi connectivity index (χ4v) is 1.57. The molecule has 0 spiro atoms. The molecule has 0 aliphatic carbocycles. The lowest BCUT2D eigenvalue weighted by Gasteiger charge is -2.12. The summed E-state index contributed by atoms with van der Waals surface area (Å²) in [6.07, 6.45) is 3.65. The highest BCUT2D eigenvalue weighted by Gasteiger charge is 2.08. The first-order chi connectivity index (χ1) is 7.65. The molecule has 2 N–H and O–H groups in total. The van der Waals surface area contributed by atoms with E-state index in [4.69, 9.17) is 0 Å². The molecule has 1 unspecified atom stereocenters. The molecule has 5 heteroatoms. The Morgan fingerprint density at radius 2 is 1.94 bits per heavy atom. The number of nitrogens with one attached hydrogen (secondary N) is 2. The van der Waals surface area contributed by atoms with E-state index in [0.29, 0.717) is 5.95 Å². The zero-order valence-corrected chi connectivity index (χ0v) is 9.65. The van der Waals surface area contributed by atoms with Crippen LogP contribution in [0.15, 0.2) is 18.5 Å². The van der Waals surface area contributed by atoms with Gasteiger partial charge in [0.2, 0.25) is 5.95 Å². The third-order valence-electron chi connectivity index (χ3n) is 2.35. The predicted octanol–water partition coefficient (Wildman–Crippen LogP) is 1.99. The molecule has 0 bridgehead atoms. The second kappa shape index (κ2) is 4.30. The van der Waals surface area contributed by atoms with E-state index in [-0.39, 0.29) is 6.04 Å². The summed E-state index contributed by atoms with van der Waals surface area (Å²) >= 11 is 0. The van der Waals surface area contributed by atoms with E-state index >= 15 is 0 Å². The largest absolute Gasteiger partial charge is 0.348 e. The van der Waals surface area contributed by atoms with E-state index in [2.05, 4.69) is 25.5 Å². The van der Waals surface area contributed by atoms with Crippen molar-refractivity contribution in [1.82, 2.24) is 20.2 Å². The Morgan fingerprint density at radius 1 is 1.25 bits per heavy atom. The first-order valence-electron chi connectivity index (χ1n) is 5.22. The van der Waals surface area contributed by atoms with Crippen LogP contribution in [0, 0.1) is 13.8 Å². The molecule has 0 saturated carbocycles. The minimum absolute atomic E-state index is 0.139. The number of hydrogen-bond acceptors (Lipinski definition) is 4. The van der Waals surface area contributed by atoms with Gasteiger partial charge in [0, 0.05) is 23.1 Å². The number of nitrogens with zero attached hydrogens (tertiary/aromatic N) is 3. The van der Waals surface area contributed by atoms with Crippen LogP contribution in [0.3, 0.4) is 0 Å². The maximum atomic E-state index is 4.33. The van der Waals surface area contributed by atoms with Crippen molar-refractivity contribution in [2.75, 3.05) is 5.32 Å². The number of anilines is 1. The fraction of sp³-hybridized carbons (Fsp3) is 0.364. The summed E-state index contributed by atoms with van der Waals surface area (Å²) in [4.78, 5) is 8.66. The van der Waals surface area contributed by atoms with Gasteiger partial charge in [-0.15, -0.1) is 0 Å². The van der Waals surface area contributed by atoms with Crippen molar-refractivity contribution in [3.05, 3.63) is 35.4 Å². The van der Waals surface area contributed by atoms with E-state index in [9.17, 15) is 0 Å². The standard InChI is InChI=1S/C11H15N5/c1-7-4-8(2)15-11(14-7)16-9(3)10-5-12-13-6-10/h4-6,9H,1-3H3,(H,12,13)(H,14,15,16). The average Bonchev–Trinajstić information content (AvgIpc) is 2.68. The highest BCUT2D eigenvalue weighted by molar-refractivity contribution is 5.31. The van der Waals surface area contributed by atoms with Crippen LogP contribution in [-0.4, -0.2) is 20.2 Å². The van der Waals surface area contributed by atoms with Crippen molar-refractivity contribution in [1.29, 1.82) is 0 Å². The number of aryl methyl sites for hydroxylation is 2. The number of aromatic nitrogens is 4. The molecule has 0 saturated heterocycles. The number of hydrogen-bond donors (Lipinski definition) is 2. The van der Waals surface area contributed by atoms with Gasteiger partial charge in [-0.2, -0.15) is 5.10 Å². The first kappa shape index (κ1) is 10.6. The molecule has 2 heterocycles. The second-order valence-corrected chi connectivity index (χ2v) is 3.87. The molecule has 1 atom stereocenters. The van der Waals surface area contributed by atoms with Crippen molar-refractivity contribution in [3.63, 3.8) is 0 Å². The third-order valence-corrected chi connectivity index (χ3v) is 2.35. The van der Waals surface area contributed by atoms with Gasteiger partial charge in [0.05, 0.1) is 12.2 Å². The van der Waals surface area contributed by atoms with E-state index < -0.39 is 0 Å². The molecule has 0 aromatic carbocycles. The maximum Gasteiger partial charge on any atom is 0.223 e. The van der Waals surface area contributed by atoms with Gasteiger partial charge in [-0.3, -0.25) is 5.10 Å². The Labute approximate surface area is 94.3 Å². The summed E-state index contributed by atoms with van der Waals surface area (Å²) in [5, 5.41) is 9.95. The normalized spacial score (nSPS) is 12.4. The van der Waals surface area contributed by atoms with Crippen molar-refractivity contribution in [2.45, 2.75) is 26.8 Å². The van der Waals surface area contributed by atoms with Crippen LogP contribution in [0.5, 0.6) is 0 Å². The summed E-state index contributed by atoms with van der Waals surface area (Å²) in [5.74, 6) is 0.659.